The van der Waals surface area contributed by atoms with Crippen molar-refractivity contribution < 1.29 is 0 Å². The Labute approximate surface area is 125 Å². The van der Waals surface area contributed by atoms with Crippen molar-refractivity contribution in [2.24, 2.45) is 0 Å². The SMILES string of the molecule is Clc1ccccc1[C@@H]1CCNCCN1c1ccccc1. The lowest BCUT2D eigenvalue weighted by Gasteiger charge is -2.32. The number of nitrogens with one attached hydrogen (secondary N) is 1. The molecule has 1 N–H and O–H groups in total. The Morgan fingerprint density at radius 1 is 0.950 bits per heavy atom. The molecular weight excluding hydrogens is 268 g/mol. The fourth-order valence-electron chi connectivity index (χ4n) is 2.87. The van der Waals surface area contributed by atoms with Crippen LogP contribution < -0.4 is 10.2 Å². The Bertz CT molecular complexity index is 556. The normalized spacial score (nSPS) is 19.6. The molecule has 0 unspecified atom stereocenters. The lowest BCUT2D eigenvalue weighted by molar-refractivity contribution is 0.617. The monoisotopic (exact) mass is 286 g/mol. The van der Waals surface area contributed by atoms with Crippen molar-refractivity contribution in [1.82, 2.24) is 5.32 Å². The molecule has 1 saturated heterocycles. The van der Waals surface area contributed by atoms with Crippen LogP contribution in [0, 0.1) is 0 Å². The summed E-state index contributed by atoms with van der Waals surface area (Å²) in [4.78, 5) is 2.46. The molecule has 2 nitrogen and oxygen atoms in total. The largest absolute Gasteiger partial charge is 0.363 e. The van der Waals surface area contributed by atoms with Gasteiger partial charge < -0.3 is 10.2 Å². The summed E-state index contributed by atoms with van der Waals surface area (Å²) < 4.78 is 0. The van der Waals surface area contributed by atoms with E-state index in [2.05, 4.69) is 52.7 Å². The molecule has 3 rings (SSSR count). The van der Waals surface area contributed by atoms with Gasteiger partial charge in [0.25, 0.3) is 0 Å². The molecular formula is C17H19ClN2. The van der Waals surface area contributed by atoms with Gasteiger partial charge >= 0.3 is 0 Å². The molecule has 0 bridgehead atoms. The average Bonchev–Trinajstić information content (AvgIpc) is 2.74. The van der Waals surface area contributed by atoms with E-state index < -0.39 is 0 Å². The minimum atomic E-state index is 0.334. The zero-order valence-electron chi connectivity index (χ0n) is 11.4. The zero-order valence-corrected chi connectivity index (χ0v) is 12.2. The highest BCUT2D eigenvalue weighted by atomic mass is 35.5. The van der Waals surface area contributed by atoms with Crippen LogP contribution in [0.4, 0.5) is 5.69 Å². The van der Waals surface area contributed by atoms with E-state index in [4.69, 9.17) is 11.6 Å². The van der Waals surface area contributed by atoms with Crippen molar-refractivity contribution in [3.8, 4) is 0 Å². The summed E-state index contributed by atoms with van der Waals surface area (Å²) in [6, 6.07) is 19.1. The average molecular weight is 287 g/mol. The maximum Gasteiger partial charge on any atom is 0.0569 e. The zero-order chi connectivity index (χ0) is 13.8. The van der Waals surface area contributed by atoms with Crippen LogP contribution in [0.3, 0.4) is 0 Å². The van der Waals surface area contributed by atoms with Crippen molar-refractivity contribution in [2.45, 2.75) is 12.5 Å². The fraction of sp³-hybridized carbons (Fsp3) is 0.294. The topological polar surface area (TPSA) is 15.3 Å². The smallest absolute Gasteiger partial charge is 0.0569 e. The van der Waals surface area contributed by atoms with Crippen molar-refractivity contribution in [2.75, 3.05) is 24.5 Å². The number of nitrogens with zero attached hydrogens (tertiary/aromatic N) is 1. The molecule has 104 valence electrons. The molecule has 1 aliphatic rings. The standard InChI is InChI=1S/C17H19ClN2/c18-16-9-5-4-8-15(16)17-10-11-19-12-13-20(17)14-6-2-1-3-7-14/h1-9,17,19H,10-13H2/t17-/m0/s1. The summed E-state index contributed by atoms with van der Waals surface area (Å²) in [7, 11) is 0. The van der Waals surface area contributed by atoms with E-state index in [9.17, 15) is 0 Å². The van der Waals surface area contributed by atoms with Gasteiger partial charge in [-0.2, -0.15) is 0 Å². The second-order valence-corrected chi connectivity index (χ2v) is 5.51. The van der Waals surface area contributed by atoms with E-state index in [0.717, 1.165) is 31.1 Å². The molecule has 1 fully saturated rings. The van der Waals surface area contributed by atoms with Crippen LogP contribution >= 0.6 is 11.6 Å². The number of para-hydroxylation sites is 1. The molecule has 0 radical (unpaired) electrons. The van der Waals surface area contributed by atoms with E-state index >= 15 is 0 Å². The predicted molar refractivity (Wildman–Crippen MR) is 85.5 cm³/mol. The summed E-state index contributed by atoms with van der Waals surface area (Å²) in [6.07, 6.45) is 1.07. The van der Waals surface area contributed by atoms with E-state index in [-0.39, 0.29) is 0 Å². The van der Waals surface area contributed by atoms with Gasteiger partial charge in [-0.1, -0.05) is 48.0 Å². The van der Waals surface area contributed by atoms with Crippen LogP contribution in [-0.2, 0) is 0 Å². The van der Waals surface area contributed by atoms with Crippen LogP contribution in [0.15, 0.2) is 54.6 Å². The first-order chi connectivity index (χ1) is 9.86. The molecule has 3 heteroatoms. The third kappa shape index (κ3) is 2.82. The van der Waals surface area contributed by atoms with Gasteiger partial charge in [-0.3, -0.25) is 0 Å². The lowest BCUT2D eigenvalue weighted by atomic mass is 10.0. The first kappa shape index (κ1) is 13.5. The Balaban J connectivity index is 1.98. The van der Waals surface area contributed by atoms with Gasteiger partial charge in [0.2, 0.25) is 0 Å². The number of anilines is 1. The van der Waals surface area contributed by atoms with Gasteiger partial charge in [0.1, 0.15) is 0 Å². The Kier molecular flexibility index (Phi) is 4.24. The van der Waals surface area contributed by atoms with Crippen molar-refractivity contribution in [1.29, 1.82) is 0 Å². The Morgan fingerprint density at radius 3 is 2.50 bits per heavy atom. The molecule has 1 aliphatic heterocycles. The highest BCUT2D eigenvalue weighted by Crippen LogP contribution is 2.33. The summed E-state index contributed by atoms with van der Waals surface area (Å²) in [5.74, 6) is 0. The van der Waals surface area contributed by atoms with E-state index in [1.54, 1.807) is 0 Å². The molecule has 0 amide bonds. The molecule has 1 atom stereocenters. The van der Waals surface area contributed by atoms with Crippen LogP contribution in [0.1, 0.15) is 18.0 Å². The third-order valence-corrected chi connectivity index (χ3v) is 4.20. The van der Waals surface area contributed by atoms with Crippen LogP contribution in [0.5, 0.6) is 0 Å². The summed E-state index contributed by atoms with van der Waals surface area (Å²) in [6.45, 7) is 3.04. The second-order valence-electron chi connectivity index (χ2n) is 5.10. The minimum absolute atomic E-state index is 0.334. The number of halogens is 1. The first-order valence-electron chi connectivity index (χ1n) is 7.13. The van der Waals surface area contributed by atoms with Crippen LogP contribution in [-0.4, -0.2) is 19.6 Å². The summed E-state index contributed by atoms with van der Waals surface area (Å²) in [5, 5.41) is 4.34. The molecule has 2 aromatic carbocycles. The molecule has 0 aromatic heterocycles. The van der Waals surface area contributed by atoms with E-state index in [1.807, 2.05) is 12.1 Å². The molecule has 2 aromatic rings. The fourth-order valence-corrected chi connectivity index (χ4v) is 3.13. The molecule has 0 spiro atoms. The maximum absolute atomic E-state index is 6.42. The van der Waals surface area contributed by atoms with Crippen molar-refractivity contribution >= 4 is 17.3 Å². The number of hydrogen-bond acceptors (Lipinski definition) is 2. The van der Waals surface area contributed by atoms with Gasteiger partial charge in [0.15, 0.2) is 0 Å². The highest BCUT2D eigenvalue weighted by molar-refractivity contribution is 6.31. The predicted octanol–water partition coefficient (Wildman–Crippen LogP) is 3.88. The van der Waals surface area contributed by atoms with Gasteiger partial charge in [0, 0.05) is 23.8 Å². The highest BCUT2D eigenvalue weighted by Gasteiger charge is 2.24. The quantitative estimate of drug-likeness (QED) is 0.901. The number of benzene rings is 2. The van der Waals surface area contributed by atoms with E-state index in [0.29, 0.717) is 6.04 Å². The lowest BCUT2D eigenvalue weighted by Crippen LogP contribution is -2.30. The Morgan fingerprint density at radius 2 is 1.70 bits per heavy atom. The maximum atomic E-state index is 6.42. The molecule has 0 aliphatic carbocycles. The van der Waals surface area contributed by atoms with Gasteiger partial charge in [-0.25, -0.2) is 0 Å². The van der Waals surface area contributed by atoms with Crippen molar-refractivity contribution in [3.05, 3.63) is 65.2 Å². The second kappa shape index (κ2) is 6.29. The Hall–Kier alpha value is -1.51. The molecule has 0 saturated carbocycles. The van der Waals surface area contributed by atoms with Crippen molar-refractivity contribution in [3.63, 3.8) is 0 Å². The summed E-state index contributed by atoms with van der Waals surface area (Å²) in [5.41, 5.74) is 2.49. The molecule has 1 heterocycles. The van der Waals surface area contributed by atoms with Gasteiger partial charge in [0.05, 0.1) is 6.04 Å². The summed E-state index contributed by atoms with van der Waals surface area (Å²) >= 11 is 6.42. The van der Waals surface area contributed by atoms with E-state index in [1.165, 1.54) is 11.3 Å². The molecule has 20 heavy (non-hydrogen) atoms. The minimum Gasteiger partial charge on any atom is -0.363 e. The number of rotatable bonds is 2. The van der Waals surface area contributed by atoms with Gasteiger partial charge in [-0.15, -0.1) is 0 Å². The third-order valence-electron chi connectivity index (χ3n) is 3.85. The first-order valence-corrected chi connectivity index (χ1v) is 7.51. The number of hydrogen-bond donors (Lipinski definition) is 1. The van der Waals surface area contributed by atoms with Crippen LogP contribution in [0.2, 0.25) is 5.02 Å². The van der Waals surface area contributed by atoms with Crippen LogP contribution in [0.25, 0.3) is 0 Å². The van der Waals surface area contributed by atoms with Gasteiger partial charge in [-0.05, 0) is 36.7 Å².